The van der Waals surface area contributed by atoms with Crippen molar-refractivity contribution in [3.63, 3.8) is 0 Å². The number of halogens is 2. The lowest BCUT2D eigenvalue weighted by Crippen LogP contribution is -2.37. The second-order valence-electron chi connectivity index (χ2n) is 4.32. The molecule has 1 saturated carbocycles. The van der Waals surface area contributed by atoms with Crippen LogP contribution in [0.2, 0.25) is 0 Å². The lowest BCUT2D eigenvalue weighted by Gasteiger charge is -2.17. The van der Waals surface area contributed by atoms with Crippen molar-refractivity contribution in [3.05, 3.63) is 30.6 Å². The summed E-state index contributed by atoms with van der Waals surface area (Å²) in [6.07, 6.45) is -1.48. The van der Waals surface area contributed by atoms with Crippen LogP contribution in [0.1, 0.15) is 12.5 Å². The van der Waals surface area contributed by atoms with Gasteiger partial charge in [-0.2, -0.15) is 0 Å². The van der Waals surface area contributed by atoms with E-state index < -0.39 is 35.5 Å². The average Bonchev–Trinajstić information content (AvgIpc) is 2.61. The molecule has 0 aromatic carbocycles. The predicted molar refractivity (Wildman–Crippen MR) is 69.2 cm³/mol. The van der Waals surface area contributed by atoms with Crippen LogP contribution in [0.4, 0.5) is 4.39 Å². The molecule has 0 aliphatic heterocycles. The highest BCUT2D eigenvalue weighted by atomic mass is 127. The Kier molecular flexibility index (Phi) is 3.87. The van der Waals surface area contributed by atoms with Gasteiger partial charge in [0, 0.05) is 18.7 Å². The maximum absolute atomic E-state index is 13.6. The van der Waals surface area contributed by atoms with Gasteiger partial charge >= 0.3 is 5.69 Å². The largest absolute Gasteiger partial charge is 0.396 e. The number of aromatic nitrogens is 2. The number of hydrogen-bond acceptors (Lipinski definition) is 4. The standard InChI is InChI=1S/C10H12FIN2O4/c11-7-4(3-15)1-6(8(7)16)14-2-5(12)9(17)13-10(14)18/h2,4,6-8,15-16H,1,3H2,(H,13,17,18). The maximum atomic E-state index is 13.6. The number of rotatable bonds is 2. The van der Waals surface area contributed by atoms with Gasteiger partial charge in [-0.25, -0.2) is 9.18 Å². The van der Waals surface area contributed by atoms with E-state index in [0.717, 1.165) is 4.57 Å². The molecule has 8 heteroatoms. The summed E-state index contributed by atoms with van der Waals surface area (Å²) in [6.45, 7) is -0.385. The van der Waals surface area contributed by atoms with E-state index in [0.29, 0.717) is 0 Å². The molecule has 0 radical (unpaired) electrons. The second-order valence-corrected chi connectivity index (χ2v) is 5.49. The van der Waals surface area contributed by atoms with Gasteiger partial charge in [-0.1, -0.05) is 0 Å². The Hall–Kier alpha value is -0.740. The van der Waals surface area contributed by atoms with Gasteiger partial charge < -0.3 is 10.2 Å². The van der Waals surface area contributed by atoms with Crippen LogP contribution in [0.5, 0.6) is 0 Å². The van der Waals surface area contributed by atoms with Gasteiger partial charge in [-0.15, -0.1) is 0 Å². The molecule has 0 bridgehead atoms. The Bertz CT molecular complexity index is 558. The summed E-state index contributed by atoms with van der Waals surface area (Å²) in [6, 6.07) is -0.769. The van der Waals surface area contributed by atoms with Crippen molar-refractivity contribution in [1.82, 2.24) is 9.55 Å². The first kappa shape index (κ1) is 13.7. The molecule has 3 N–H and O–H groups in total. The van der Waals surface area contributed by atoms with Crippen LogP contribution in [0.25, 0.3) is 0 Å². The Morgan fingerprint density at radius 2 is 2.22 bits per heavy atom. The van der Waals surface area contributed by atoms with Crippen LogP contribution >= 0.6 is 22.6 Å². The molecule has 2 rings (SSSR count). The fourth-order valence-electron chi connectivity index (χ4n) is 2.23. The number of aromatic amines is 1. The van der Waals surface area contributed by atoms with Crippen LogP contribution in [0, 0.1) is 9.49 Å². The Morgan fingerprint density at radius 1 is 1.56 bits per heavy atom. The first-order chi connectivity index (χ1) is 8.45. The van der Waals surface area contributed by atoms with E-state index in [4.69, 9.17) is 5.11 Å². The van der Waals surface area contributed by atoms with Gasteiger partial charge in [0.05, 0.1) is 9.61 Å². The van der Waals surface area contributed by atoms with Gasteiger partial charge in [0.15, 0.2) is 0 Å². The molecule has 0 saturated heterocycles. The zero-order valence-electron chi connectivity index (χ0n) is 9.22. The minimum absolute atomic E-state index is 0.154. The molecule has 1 aliphatic rings. The normalized spacial score (nSPS) is 31.8. The van der Waals surface area contributed by atoms with Crippen LogP contribution in [0.15, 0.2) is 15.8 Å². The molecule has 1 aromatic heterocycles. The third-order valence-electron chi connectivity index (χ3n) is 3.23. The van der Waals surface area contributed by atoms with E-state index in [1.54, 1.807) is 22.6 Å². The SMILES string of the molecule is O=c1[nH]c(=O)n(C2CC(CO)C(F)C2O)cc1I. The molecular formula is C10H12FIN2O4. The third kappa shape index (κ3) is 2.24. The van der Waals surface area contributed by atoms with E-state index in [9.17, 15) is 19.1 Å². The summed E-state index contributed by atoms with van der Waals surface area (Å²) < 4.78 is 15.0. The van der Waals surface area contributed by atoms with Gasteiger partial charge in [0.25, 0.3) is 5.56 Å². The van der Waals surface area contributed by atoms with Gasteiger partial charge in [-0.3, -0.25) is 14.3 Å². The van der Waals surface area contributed by atoms with E-state index in [1.165, 1.54) is 6.20 Å². The van der Waals surface area contributed by atoms with Crippen molar-refractivity contribution < 1.29 is 14.6 Å². The fraction of sp³-hybridized carbons (Fsp3) is 0.600. The second kappa shape index (κ2) is 5.10. The van der Waals surface area contributed by atoms with E-state index in [1.807, 2.05) is 0 Å². The van der Waals surface area contributed by atoms with Crippen molar-refractivity contribution in [2.45, 2.75) is 24.7 Å². The van der Waals surface area contributed by atoms with Gasteiger partial charge in [-0.05, 0) is 29.0 Å². The summed E-state index contributed by atoms with van der Waals surface area (Å²) in [4.78, 5) is 25.0. The quantitative estimate of drug-likeness (QED) is 0.606. The van der Waals surface area contributed by atoms with Crippen molar-refractivity contribution in [3.8, 4) is 0 Å². The molecule has 0 spiro atoms. The highest BCUT2D eigenvalue weighted by molar-refractivity contribution is 14.1. The summed E-state index contributed by atoms with van der Waals surface area (Å²) in [7, 11) is 0. The lowest BCUT2D eigenvalue weighted by atomic mass is 10.1. The zero-order valence-corrected chi connectivity index (χ0v) is 11.4. The zero-order chi connectivity index (χ0) is 13.4. The Balaban J connectivity index is 2.42. The number of nitrogens with one attached hydrogen (secondary N) is 1. The van der Waals surface area contributed by atoms with Crippen molar-refractivity contribution in [2.75, 3.05) is 6.61 Å². The van der Waals surface area contributed by atoms with Crippen LogP contribution in [-0.4, -0.2) is 38.6 Å². The number of hydrogen-bond donors (Lipinski definition) is 3. The molecule has 1 aliphatic carbocycles. The lowest BCUT2D eigenvalue weighted by molar-refractivity contribution is 0.0494. The first-order valence-corrected chi connectivity index (χ1v) is 6.47. The minimum atomic E-state index is -1.57. The summed E-state index contributed by atoms with van der Waals surface area (Å²) in [5, 5.41) is 18.7. The number of H-pyrrole nitrogens is 1. The molecule has 18 heavy (non-hydrogen) atoms. The Morgan fingerprint density at radius 3 is 2.78 bits per heavy atom. The maximum Gasteiger partial charge on any atom is 0.328 e. The van der Waals surface area contributed by atoms with E-state index >= 15 is 0 Å². The van der Waals surface area contributed by atoms with Crippen molar-refractivity contribution >= 4 is 22.6 Å². The summed E-state index contributed by atoms with van der Waals surface area (Å²) in [5.74, 6) is -0.693. The molecule has 0 amide bonds. The number of aliphatic hydroxyl groups excluding tert-OH is 2. The number of alkyl halides is 1. The van der Waals surface area contributed by atoms with E-state index in [2.05, 4.69) is 4.98 Å². The van der Waals surface area contributed by atoms with Gasteiger partial charge in [0.2, 0.25) is 0 Å². The predicted octanol–water partition coefficient (Wildman–Crippen LogP) is -0.606. The average molecular weight is 370 g/mol. The molecule has 1 aromatic rings. The number of nitrogens with zero attached hydrogens (tertiary/aromatic N) is 1. The molecule has 100 valence electrons. The first-order valence-electron chi connectivity index (χ1n) is 5.39. The highest BCUT2D eigenvalue weighted by Gasteiger charge is 2.43. The smallest absolute Gasteiger partial charge is 0.328 e. The monoisotopic (exact) mass is 370 g/mol. The molecule has 6 nitrogen and oxygen atoms in total. The van der Waals surface area contributed by atoms with E-state index in [-0.39, 0.29) is 16.6 Å². The third-order valence-corrected chi connectivity index (χ3v) is 4.00. The van der Waals surface area contributed by atoms with Crippen molar-refractivity contribution in [1.29, 1.82) is 0 Å². The topological polar surface area (TPSA) is 95.3 Å². The molecule has 4 unspecified atom stereocenters. The van der Waals surface area contributed by atoms with Crippen LogP contribution < -0.4 is 11.2 Å². The van der Waals surface area contributed by atoms with Crippen LogP contribution in [0.3, 0.4) is 0 Å². The highest BCUT2D eigenvalue weighted by Crippen LogP contribution is 2.36. The molecular weight excluding hydrogens is 358 g/mol. The Labute approximate surface area is 115 Å². The van der Waals surface area contributed by atoms with Crippen LogP contribution in [-0.2, 0) is 0 Å². The fourth-order valence-corrected chi connectivity index (χ4v) is 2.67. The molecule has 1 heterocycles. The number of aliphatic hydroxyl groups is 2. The van der Waals surface area contributed by atoms with Crippen molar-refractivity contribution in [2.24, 2.45) is 5.92 Å². The molecule has 4 atom stereocenters. The molecule has 1 fully saturated rings. The summed E-state index contributed by atoms with van der Waals surface area (Å²) >= 11 is 1.75. The minimum Gasteiger partial charge on any atom is -0.396 e. The summed E-state index contributed by atoms with van der Waals surface area (Å²) in [5.41, 5.74) is -1.20. The van der Waals surface area contributed by atoms with Gasteiger partial charge in [0.1, 0.15) is 12.3 Å².